The molecule has 1 aliphatic heterocycles. The first-order valence-corrected chi connectivity index (χ1v) is 20.2. The van der Waals surface area contributed by atoms with Crippen LogP contribution in [0.2, 0.25) is 0 Å². The zero-order chi connectivity index (χ0) is 36.1. The van der Waals surface area contributed by atoms with Gasteiger partial charge in [0.15, 0.2) is 0 Å². The molecule has 0 atom stereocenters. The maximum atomic E-state index is 4.98. The minimum Gasteiger partial charge on any atom is -0.319 e. The van der Waals surface area contributed by atoms with Gasteiger partial charge in [0.25, 0.3) is 0 Å². The van der Waals surface area contributed by atoms with Crippen LogP contribution < -0.4 is 30.9 Å². The molecule has 0 radical (unpaired) electrons. The molecule has 0 fully saturated rings. The topological polar surface area (TPSA) is 37.1 Å². The molecule has 0 unspecified atom stereocenters. The van der Waals surface area contributed by atoms with E-state index in [9.17, 15) is 0 Å². The van der Waals surface area contributed by atoms with E-state index in [1.54, 1.807) is 0 Å². The number of hydrogen-bond donors (Lipinski definition) is 0. The first-order valence-electron chi connectivity index (χ1n) is 18.2. The van der Waals surface area contributed by atoms with Gasteiger partial charge in [0.2, 0.25) is 0 Å². The Labute approximate surface area is 335 Å². The maximum absolute atomic E-state index is 4.98. The van der Waals surface area contributed by atoms with Gasteiger partial charge in [0.1, 0.15) is 25.3 Å². The van der Waals surface area contributed by atoms with Crippen LogP contribution in [0.5, 0.6) is 0 Å². The van der Waals surface area contributed by atoms with E-state index in [2.05, 4.69) is 199 Å². The van der Waals surface area contributed by atoms with E-state index in [1.807, 2.05) is 23.4 Å². The first-order chi connectivity index (χ1) is 26.7. The predicted octanol–water partition coefficient (Wildman–Crippen LogP) is 8.25. The molecule has 1 N–H and O–H groups in total. The Bertz CT molecular complexity index is 2750. The van der Waals surface area contributed by atoms with Crippen molar-refractivity contribution >= 4 is 67.7 Å². The van der Waals surface area contributed by atoms with Gasteiger partial charge in [0.05, 0.1) is 7.05 Å². The monoisotopic (exact) mass is 906 g/mol. The molecule has 268 valence electrons. The van der Waals surface area contributed by atoms with Crippen LogP contribution >= 0.6 is 0 Å². The van der Waals surface area contributed by atoms with Crippen molar-refractivity contribution in [1.29, 1.82) is 0 Å². The van der Waals surface area contributed by atoms with E-state index in [-0.39, 0.29) is 21.1 Å². The molecule has 10 rings (SSSR count). The number of para-hydroxylation sites is 3. The zero-order valence-corrected chi connectivity index (χ0v) is 33.2. The van der Waals surface area contributed by atoms with Gasteiger partial charge in [-0.2, -0.15) is 51.7 Å². The zero-order valence-electron chi connectivity index (χ0n) is 30.0. The van der Waals surface area contributed by atoms with Gasteiger partial charge in [-0.25, -0.2) is 4.98 Å². The van der Waals surface area contributed by atoms with Gasteiger partial charge in [-0.1, -0.05) is 127 Å². The molecule has 5 nitrogen and oxygen atoms in total. The molecular formula is C48H35N4OPtSi-. The molecule has 55 heavy (non-hydrogen) atoms. The summed E-state index contributed by atoms with van der Waals surface area (Å²) in [5, 5.41) is 11.0. The quantitative estimate of drug-likeness (QED) is 0.0701. The van der Waals surface area contributed by atoms with Crippen molar-refractivity contribution in [2.75, 3.05) is 17.2 Å². The summed E-state index contributed by atoms with van der Waals surface area (Å²) in [5.74, 6) is 0.856. The number of benzene rings is 7. The Balaban J connectivity index is 0.00000397. The number of rotatable bonds is 7. The number of hydrogen-bond acceptors (Lipinski definition) is 3. The van der Waals surface area contributed by atoms with Crippen molar-refractivity contribution in [2.24, 2.45) is 0 Å². The van der Waals surface area contributed by atoms with Crippen LogP contribution in [-0.4, -0.2) is 29.6 Å². The fraction of sp³-hybridized carbons (Fsp3) is 0.0208. The SMILES string of the molecule is CN1[OH+]N(c2[c-]c([Si](c3[c-]c4c(cc3)c3ccccc3n4-c3cc(-c4ccccc4)ccn3)(c3ccccc3)c3ccccc3)ccc2)c2ccccc21.[Pt]. The Hall–Kier alpha value is -6.04. The molecular weight excluding hydrogens is 872 g/mol. The molecule has 3 heterocycles. The molecule has 0 aliphatic carbocycles. The minimum absolute atomic E-state index is 0. The fourth-order valence-corrected chi connectivity index (χ4v) is 12.7. The number of fused-ring (bicyclic) bond motifs is 4. The van der Waals surface area contributed by atoms with Crippen LogP contribution in [0.3, 0.4) is 0 Å². The third-order valence-electron chi connectivity index (χ3n) is 10.6. The molecule has 0 bridgehead atoms. The summed E-state index contributed by atoms with van der Waals surface area (Å²) in [6.07, 6.45) is 1.91. The van der Waals surface area contributed by atoms with Crippen LogP contribution in [0, 0.1) is 12.1 Å². The van der Waals surface area contributed by atoms with Crippen LogP contribution in [0.1, 0.15) is 0 Å². The Morgan fingerprint density at radius 2 is 1.18 bits per heavy atom. The van der Waals surface area contributed by atoms with Gasteiger partial charge in [-0.15, -0.1) is 21.6 Å². The van der Waals surface area contributed by atoms with Gasteiger partial charge >= 0.3 is 0 Å². The van der Waals surface area contributed by atoms with E-state index < -0.39 is 8.07 Å². The Kier molecular flexibility index (Phi) is 9.03. The normalized spacial score (nSPS) is 12.5. The van der Waals surface area contributed by atoms with Crippen LogP contribution in [0.25, 0.3) is 38.8 Å². The van der Waals surface area contributed by atoms with Crippen molar-refractivity contribution in [2.45, 2.75) is 0 Å². The number of hydroxylamine groups is 1. The third kappa shape index (κ3) is 5.73. The van der Waals surface area contributed by atoms with E-state index >= 15 is 0 Å². The van der Waals surface area contributed by atoms with Crippen molar-refractivity contribution in [3.8, 4) is 16.9 Å². The number of nitrogens with zero attached hydrogens (tertiary/aromatic N) is 4. The number of pyridine rings is 1. The van der Waals surface area contributed by atoms with E-state index in [0.717, 1.165) is 60.8 Å². The third-order valence-corrected chi connectivity index (χ3v) is 15.2. The summed E-state index contributed by atoms with van der Waals surface area (Å²) in [4.78, 5) is 9.92. The van der Waals surface area contributed by atoms with Gasteiger partial charge in [-0.3, -0.25) is 0 Å². The van der Waals surface area contributed by atoms with Crippen molar-refractivity contribution < 1.29 is 26.0 Å². The van der Waals surface area contributed by atoms with Crippen molar-refractivity contribution in [3.63, 3.8) is 0 Å². The Morgan fingerprint density at radius 1 is 0.545 bits per heavy atom. The van der Waals surface area contributed by atoms with E-state index in [0.29, 0.717) is 0 Å². The average molecular weight is 907 g/mol. The summed E-state index contributed by atoms with van der Waals surface area (Å²) in [7, 11) is -1.08. The van der Waals surface area contributed by atoms with E-state index in [4.69, 9.17) is 9.92 Å². The molecule has 9 aromatic rings. The molecule has 7 aromatic carbocycles. The van der Waals surface area contributed by atoms with Gasteiger partial charge < -0.3 is 4.57 Å². The molecule has 0 spiro atoms. The fourth-order valence-electron chi connectivity index (χ4n) is 8.13. The van der Waals surface area contributed by atoms with Gasteiger partial charge in [-0.05, 0) is 57.2 Å². The average Bonchev–Trinajstić information content (AvgIpc) is 3.77. The summed E-state index contributed by atoms with van der Waals surface area (Å²) < 4.78 is 2.28. The van der Waals surface area contributed by atoms with Gasteiger partial charge in [0, 0.05) is 38.5 Å². The number of anilines is 3. The summed E-state index contributed by atoms with van der Waals surface area (Å²) >= 11 is 0. The maximum Gasteiger partial charge on any atom is 0.145 e. The number of aromatic nitrogens is 2. The first kappa shape index (κ1) is 34.7. The van der Waals surface area contributed by atoms with Crippen molar-refractivity contribution in [1.82, 2.24) is 9.55 Å². The van der Waals surface area contributed by atoms with Crippen LogP contribution in [0.15, 0.2) is 188 Å². The summed E-state index contributed by atoms with van der Waals surface area (Å²) in [5.41, 5.74) is 7.34. The predicted molar refractivity (Wildman–Crippen MR) is 224 cm³/mol. The molecule has 2 aromatic heterocycles. The second kappa shape index (κ2) is 14.3. The largest absolute Gasteiger partial charge is 0.319 e. The van der Waals surface area contributed by atoms with E-state index in [1.165, 1.54) is 15.8 Å². The molecule has 1 aliphatic rings. The molecule has 0 saturated carbocycles. The summed E-state index contributed by atoms with van der Waals surface area (Å²) in [6.45, 7) is 0. The van der Waals surface area contributed by atoms with Crippen LogP contribution in [-0.2, 0) is 21.1 Å². The van der Waals surface area contributed by atoms with Crippen LogP contribution in [0.4, 0.5) is 17.1 Å². The van der Waals surface area contributed by atoms with Crippen molar-refractivity contribution in [3.05, 3.63) is 200 Å². The second-order valence-corrected chi connectivity index (χ2v) is 17.3. The summed E-state index contributed by atoms with van der Waals surface area (Å²) in [6, 6.07) is 72.8. The second-order valence-electron chi connectivity index (χ2n) is 13.6. The molecule has 0 amide bonds. The smallest absolute Gasteiger partial charge is 0.145 e. The minimum atomic E-state index is -3.07. The molecule has 0 saturated heterocycles. The Morgan fingerprint density at radius 3 is 1.93 bits per heavy atom. The molecule has 7 heteroatoms. The standard InChI is InChI=1S/C48H34N4OSi.Pt/c1-50-45-26-13-14-27-46(45)52(53-50)37-18-15-23-40(33-37)54(38-19-7-3-8-20-38,39-21-9-4-10-22-39)41-28-29-43-42-24-11-12-25-44(42)51(47(43)34-41)48-32-36(30-31-49-48)35-16-5-2-6-17-35;/h2-32H,1H3;/q-2;/p+1.